The van der Waals surface area contributed by atoms with Crippen molar-refractivity contribution in [1.82, 2.24) is 10.6 Å². The summed E-state index contributed by atoms with van der Waals surface area (Å²) in [6.07, 6.45) is 5.07. The number of hydrogen-bond acceptors (Lipinski definition) is 2. The van der Waals surface area contributed by atoms with E-state index in [2.05, 4.69) is 17.6 Å². The van der Waals surface area contributed by atoms with E-state index >= 15 is 0 Å². The van der Waals surface area contributed by atoms with E-state index in [0.717, 1.165) is 13.1 Å². The first-order valence-electron chi connectivity index (χ1n) is 6.06. The lowest BCUT2D eigenvalue weighted by molar-refractivity contribution is -0.124. The van der Waals surface area contributed by atoms with Crippen molar-refractivity contribution in [3.8, 4) is 0 Å². The standard InChI is InChI=1S/C12H24N2O.ClH/c1-4-5-12(6-7-12)9-14-11(15)10(2)8-13-3;/h10,13H,4-9H2,1-3H3,(H,14,15);1H. The van der Waals surface area contributed by atoms with Crippen molar-refractivity contribution in [1.29, 1.82) is 0 Å². The predicted octanol–water partition coefficient (Wildman–Crippen LogP) is 1.96. The van der Waals surface area contributed by atoms with Gasteiger partial charge in [-0.25, -0.2) is 0 Å². The Morgan fingerprint density at radius 1 is 1.44 bits per heavy atom. The smallest absolute Gasteiger partial charge is 0.224 e. The molecule has 1 fully saturated rings. The molecule has 0 spiro atoms. The summed E-state index contributed by atoms with van der Waals surface area (Å²) < 4.78 is 0. The Hall–Kier alpha value is -0.280. The van der Waals surface area contributed by atoms with Gasteiger partial charge in [0.1, 0.15) is 0 Å². The molecule has 0 saturated heterocycles. The molecule has 1 aliphatic carbocycles. The summed E-state index contributed by atoms with van der Waals surface area (Å²) in [6, 6.07) is 0. The highest BCUT2D eigenvalue weighted by molar-refractivity contribution is 5.85. The highest BCUT2D eigenvalue weighted by atomic mass is 35.5. The molecule has 16 heavy (non-hydrogen) atoms. The SMILES string of the molecule is CCCC1(CNC(=O)C(C)CNC)CC1.Cl. The van der Waals surface area contributed by atoms with Crippen molar-refractivity contribution < 1.29 is 4.79 Å². The first-order chi connectivity index (χ1) is 7.13. The summed E-state index contributed by atoms with van der Waals surface area (Å²) in [5.74, 6) is 0.263. The molecular weight excluding hydrogens is 224 g/mol. The number of carbonyl (C=O) groups is 1. The first-order valence-corrected chi connectivity index (χ1v) is 6.06. The van der Waals surface area contributed by atoms with Crippen LogP contribution >= 0.6 is 12.4 Å². The fourth-order valence-electron chi connectivity index (χ4n) is 2.07. The molecule has 1 unspecified atom stereocenters. The molecule has 0 aromatic heterocycles. The maximum atomic E-state index is 11.7. The van der Waals surface area contributed by atoms with Crippen LogP contribution in [0.15, 0.2) is 0 Å². The van der Waals surface area contributed by atoms with Crippen LogP contribution in [-0.2, 0) is 4.79 Å². The molecule has 1 atom stereocenters. The Bertz CT molecular complexity index is 217. The van der Waals surface area contributed by atoms with Gasteiger partial charge in [-0.1, -0.05) is 20.3 Å². The topological polar surface area (TPSA) is 41.1 Å². The molecule has 0 aliphatic heterocycles. The van der Waals surface area contributed by atoms with Crippen LogP contribution < -0.4 is 10.6 Å². The highest BCUT2D eigenvalue weighted by Gasteiger charge is 2.41. The lowest BCUT2D eigenvalue weighted by Gasteiger charge is -2.17. The van der Waals surface area contributed by atoms with Crippen molar-refractivity contribution in [2.45, 2.75) is 39.5 Å². The maximum Gasteiger partial charge on any atom is 0.224 e. The summed E-state index contributed by atoms with van der Waals surface area (Å²) in [4.78, 5) is 11.7. The second-order valence-corrected chi connectivity index (χ2v) is 4.93. The van der Waals surface area contributed by atoms with Crippen molar-refractivity contribution in [3.63, 3.8) is 0 Å². The predicted molar refractivity (Wildman–Crippen MR) is 69.9 cm³/mol. The van der Waals surface area contributed by atoms with Gasteiger partial charge in [0.25, 0.3) is 0 Å². The Morgan fingerprint density at radius 3 is 2.50 bits per heavy atom. The minimum absolute atomic E-state index is 0. The zero-order valence-corrected chi connectivity index (χ0v) is 11.5. The first kappa shape index (κ1) is 15.7. The van der Waals surface area contributed by atoms with E-state index in [-0.39, 0.29) is 24.2 Å². The molecule has 0 heterocycles. The zero-order valence-electron chi connectivity index (χ0n) is 10.6. The Kier molecular flexibility index (Phi) is 7.00. The lowest BCUT2D eigenvalue weighted by Crippen LogP contribution is -2.37. The van der Waals surface area contributed by atoms with Crippen LogP contribution in [-0.4, -0.2) is 26.0 Å². The van der Waals surface area contributed by atoms with Crippen LogP contribution in [0.5, 0.6) is 0 Å². The lowest BCUT2D eigenvalue weighted by atomic mass is 10.0. The number of halogens is 1. The highest BCUT2D eigenvalue weighted by Crippen LogP contribution is 2.48. The van der Waals surface area contributed by atoms with Gasteiger partial charge in [-0.05, 0) is 31.7 Å². The van der Waals surface area contributed by atoms with E-state index in [1.807, 2.05) is 14.0 Å². The second-order valence-electron chi connectivity index (χ2n) is 4.93. The van der Waals surface area contributed by atoms with Gasteiger partial charge in [-0.2, -0.15) is 0 Å². The minimum atomic E-state index is 0. The average molecular weight is 249 g/mol. The Morgan fingerprint density at radius 2 is 2.06 bits per heavy atom. The second kappa shape index (κ2) is 7.13. The van der Waals surface area contributed by atoms with E-state index in [1.165, 1.54) is 25.7 Å². The van der Waals surface area contributed by atoms with E-state index in [9.17, 15) is 4.79 Å². The average Bonchev–Trinajstić information content (AvgIpc) is 2.96. The molecule has 96 valence electrons. The maximum absolute atomic E-state index is 11.7. The fourth-order valence-corrected chi connectivity index (χ4v) is 2.07. The third-order valence-corrected chi connectivity index (χ3v) is 3.33. The van der Waals surface area contributed by atoms with Crippen LogP contribution in [0.3, 0.4) is 0 Å². The van der Waals surface area contributed by atoms with Crippen LogP contribution in [0.1, 0.15) is 39.5 Å². The number of carbonyl (C=O) groups excluding carboxylic acids is 1. The Balaban J connectivity index is 0.00000225. The van der Waals surface area contributed by atoms with Gasteiger partial charge in [0, 0.05) is 19.0 Å². The summed E-state index contributed by atoms with van der Waals surface area (Å²) in [6.45, 7) is 5.82. The molecule has 2 N–H and O–H groups in total. The number of hydrogen-bond donors (Lipinski definition) is 2. The fraction of sp³-hybridized carbons (Fsp3) is 0.917. The molecule has 0 aromatic carbocycles. The minimum Gasteiger partial charge on any atom is -0.355 e. The summed E-state index contributed by atoms with van der Waals surface area (Å²) in [5.41, 5.74) is 0.462. The summed E-state index contributed by atoms with van der Waals surface area (Å²) in [7, 11) is 1.88. The number of nitrogens with one attached hydrogen (secondary N) is 2. The quantitative estimate of drug-likeness (QED) is 0.723. The molecule has 1 rings (SSSR count). The van der Waals surface area contributed by atoms with Crippen LogP contribution in [0.4, 0.5) is 0 Å². The van der Waals surface area contributed by atoms with Gasteiger partial charge in [-0.15, -0.1) is 12.4 Å². The van der Waals surface area contributed by atoms with E-state index in [0.29, 0.717) is 5.41 Å². The Labute approximate surface area is 105 Å². The van der Waals surface area contributed by atoms with Gasteiger partial charge in [0.05, 0.1) is 0 Å². The van der Waals surface area contributed by atoms with Gasteiger partial charge in [0.2, 0.25) is 5.91 Å². The van der Waals surface area contributed by atoms with Gasteiger partial charge >= 0.3 is 0 Å². The summed E-state index contributed by atoms with van der Waals surface area (Å²) in [5, 5.41) is 6.10. The largest absolute Gasteiger partial charge is 0.355 e. The van der Waals surface area contributed by atoms with Crippen molar-refractivity contribution in [2.24, 2.45) is 11.3 Å². The number of rotatable bonds is 7. The van der Waals surface area contributed by atoms with Crippen molar-refractivity contribution in [3.05, 3.63) is 0 Å². The van der Waals surface area contributed by atoms with Crippen molar-refractivity contribution >= 4 is 18.3 Å². The monoisotopic (exact) mass is 248 g/mol. The van der Waals surface area contributed by atoms with Gasteiger partial charge in [-0.3, -0.25) is 4.79 Å². The molecule has 4 heteroatoms. The van der Waals surface area contributed by atoms with Crippen LogP contribution in [0.25, 0.3) is 0 Å². The van der Waals surface area contributed by atoms with Crippen molar-refractivity contribution in [2.75, 3.05) is 20.1 Å². The van der Waals surface area contributed by atoms with Crippen LogP contribution in [0, 0.1) is 11.3 Å². The molecule has 0 bridgehead atoms. The van der Waals surface area contributed by atoms with Gasteiger partial charge < -0.3 is 10.6 Å². The third kappa shape index (κ3) is 4.71. The normalized spacial score (nSPS) is 18.4. The van der Waals surface area contributed by atoms with E-state index in [1.54, 1.807) is 0 Å². The molecule has 0 radical (unpaired) electrons. The molecule has 1 saturated carbocycles. The molecule has 3 nitrogen and oxygen atoms in total. The molecular formula is C12H25ClN2O. The number of amides is 1. The third-order valence-electron chi connectivity index (χ3n) is 3.33. The molecule has 0 aromatic rings. The molecule has 1 aliphatic rings. The van der Waals surface area contributed by atoms with Gasteiger partial charge in [0.15, 0.2) is 0 Å². The van der Waals surface area contributed by atoms with E-state index < -0.39 is 0 Å². The van der Waals surface area contributed by atoms with E-state index in [4.69, 9.17) is 0 Å². The molecule has 1 amide bonds. The van der Waals surface area contributed by atoms with Crippen LogP contribution in [0.2, 0.25) is 0 Å². The zero-order chi connectivity index (χ0) is 11.3. The summed E-state index contributed by atoms with van der Waals surface area (Å²) >= 11 is 0.